The van der Waals surface area contributed by atoms with E-state index < -0.39 is 17.3 Å². The van der Waals surface area contributed by atoms with Crippen molar-refractivity contribution in [2.24, 2.45) is 0 Å². The lowest BCUT2D eigenvalue weighted by molar-refractivity contribution is -0.137. The van der Waals surface area contributed by atoms with Crippen molar-refractivity contribution in [1.29, 1.82) is 0 Å². The third-order valence-electron chi connectivity index (χ3n) is 3.50. The summed E-state index contributed by atoms with van der Waals surface area (Å²) in [7, 11) is 0. The van der Waals surface area contributed by atoms with E-state index >= 15 is 0 Å². The summed E-state index contributed by atoms with van der Waals surface area (Å²) in [5.74, 6) is 0. The van der Waals surface area contributed by atoms with Crippen molar-refractivity contribution in [3.05, 3.63) is 40.6 Å². The average molecular weight is 320 g/mol. The summed E-state index contributed by atoms with van der Waals surface area (Å²) >= 11 is 0. The second-order valence-corrected chi connectivity index (χ2v) is 4.88. The quantitative estimate of drug-likeness (QED) is 0.500. The molecule has 0 aliphatic carbocycles. The van der Waals surface area contributed by atoms with Crippen LogP contribution in [0.25, 0.3) is 33.2 Å². The Morgan fingerprint density at radius 1 is 1.13 bits per heavy atom. The molecule has 10 heteroatoms. The molecule has 116 valence electrons. The van der Waals surface area contributed by atoms with Crippen molar-refractivity contribution in [3.63, 3.8) is 0 Å². The summed E-state index contributed by atoms with van der Waals surface area (Å²) in [6.45, 7) is 0. The van der Waals surface area contributed by atoms with Gasteiger partial charge in [-0.05, 0) is 12.1 Å². The minimum absolute atomic E-state index is 0.0897. The summed E-state index contributed by atoms with van der Waals surface area (Å²) < 4.78 is 39.3. The molecule has 0 saturated heterocycles. The molecular weight excluding hydrogens is 313 g/mol. The zero-order chi connectivity index (χ0) is 16.2. The fourth-order valence-electron chi connectivity index (χ4n) is 2.47. The van der Waals surface area contributed by atoms with Crippen LogP contribution in [0.15, 0.2) is 29.5 Å². The molecule has 0 fully saturated rings. The second kappa shape index (κ2) is 4.41. The topological polar surface area (TPSA) is 103 Å². The predicted octanol–water partition coefficient (Wildman–Crippen LogP) is 2.21. The Bertz CT molecular complexity index is 1090. The maximum Gasteiger partial charge on any atom is 0.416 e. The number of aromatic amines is 3. The van der Waals surface area contributed by atoms with E-state index in [0.717, 1.165) is 12.1 Å². The molecule has 3 aromatic heterocycles. The van der Waals surface area contributed by atoms with Gasteiger partial charge < -0.3 is 4.98 Å². The smallest absolute Gasteiger partial charge is 0.312 e. The van der Waals surface area contributed by atoms with Crippen LogP contribution < -0.4 is 5.56 Å². The Morgan fingerprint density at radius 2 is 1.96 bits per heavy atom. The van der Waals surface area contributed by atoms with Gasteiger partial charge in [-0.1, -0.05) is 0 Å². The van der Waals surface area contributed by atoms with Gasteiger partial charge in [0, 0.05) is 10.9 Å². The van der Waals surface area contributed by atoms with Crippen LogP contribution in [0, 0.1) is 0 Å². The minimum Gasteiger partial charge on any atom is -0.312 e. The number of rotatable bonds is 1. The molecule has 0 amide bonds. The van der Waals surface area contributed by atoms with Gasteiger partial charge in [0.2, 0.25) is 0 Å². The molecule has 23 heavy (non-hydrogen) atoms. The van der Waals surface area contributed by atoms with Crippen molar-refractivity contribution in [3.8, 4) is 11.3 Å². The van der Waals surface area contributed by atoms with Crippen molar-refractivity contribution >= 4 is 21.9 Å². The first-order valence-electron chi connectivity index (χ1n) is 6.41. The Kier molecular flexibility index (Phi) is 2.59. The standard InChI is InChI=1S/C13H7F3N6O/c14-13(15,16)5-1-6(7-3-19-20-8(7)2-5)10-9-11(22-21-10)17-4-18-12(9)23/h1-4H,(H,19,20)(H2,17,18,21,22,23). The Hall–Kier alpha value is -3.17. The van der Waals surface area contributed by atoms with Crippen LogP contribution in [-0.4, -0.2) is 30.4 Å². The SMILES string of the molecule is O=c1[nH]cnc2[nH]nc(-c3cc(C(F)(F)F)cc4[nH]ncc34)c12. The van der Waals surface area contributed by atoms with E-state index in [2.05, 4.69) is 30.4 Å². The van der Waals surface area contributed by atoms with Gasteiger partial charge >= 0.3 is 6.18 Å². The number of aromatic nitrogens is 6. The first kappa shape index (κ1) is 13.5. The molecular formula is C13H7F3N6O. The maximum atomic E-state index is 13.1. The molecule has 0 radical (unpaired) electrons. The monoisotopic (exact) mass is 320 g/mol. The molecule has 0 bridgehead atoms. The number of H-pyrrole nitrogens is 3. The number of alkyl halides is 3. The van der Waals surface area contributed by atoms with E-state index in [9.17, 15) is 18.0 Å². The zero-order valence-corrected chi connectivity index (χ0v) is 11.2. The summed E-state index contributed by atoms with van der Waals surface area (Å²) in [6.07, 6.45) is -1.97. The van der Waals surface area contributed by atoms with Gasteiger partial charge in [-0.15, -0.1) is 0 Å². The maximum absolute atomic E-state index is 13.1. The molecule has 1 aromatic carbocycles. The third kappa shape index (κ3) is 1.99. The Balaban J connectivity index is 2.12. The third-order valence-corrected chi connectivity index (χ3v) is 3.50. The highest BCUT2D eigenvalue weighted by Gasteiger charge is 2.32. The van der Waals surface area contributed by atoms with Crippen LogP contribution in [0.1, 0.15) is 5.56 Å². The van der Waals surface area contributed by atoms with Gasteiger partial charge in [0.1, 0.15) is 11.1 Å². The number of fused-ring (bicyclic) bond motifs is 2. The zero-order valence-electron chi connectivity index (χ0n) is 11.2. The lowest BCUT2D eigenvalue weighted by Crippen LogP contribution is -2.07. The van der Waals surface area contributed by atoms with Crippen LogP contribution >= 0.6 is 0 Å². The molecule has 0 unspecified atom stereocenters. The predicted molar refractivity (Wildman–Crippen MR) is 74.6 cm³/mol. The lowest BCUT2D eigenvalue weighted by atomic mass is 10.0. The highest BCUT2D eigenvalue weighted by molar-refractivity contribution is 6.01. The van der Waals surface area contributed by atoms with E-state index in [0.29, 0.717) is 5.39 Å². The number of halogens is 3. The summed E-state index contributed by atoms with van der Waals surface area (Å²) in [6, 6.07) is 1.91. The summed E-state index contributed by atoms with van der Waals surface area (Å²) in [5, 5.41) is 13.3. The van der Waals surface area contributed by atoms with Gasteiger partial charge in [0.25, 0.3) is 5.56 Å². The van der Waals surface area contributed by atoms with Crippen molar-refractivity contribution < 1.29 is 13.2 Å². The van der Waals surface area contributed by atoms with Gasteiger partial charge in [0.05, 0.1) is 23.6 Å². The summed E-state index contributed by atoms with van der Waals surface area (Å²) in [5.41, 5.74) is -0.724. The normalized spacial score (nSPS) is 12.3. The van der Waals surface area contributed by atoms with E-state index in [1.165, 1.54) is 12.5 Å². The second-order valence-electron chi connectivity index (χ2n) is 4.88. The van der Waals surface area contributed by atoms with Gasteiger partial charge in [-0.2, -0.15) is 23.4 Å². The number of benzene rings is 1. The molecule has 0 aliphatic heterocycles. The molecule has 7 nitrogen and oxygen atoms in total. The van der Waals surface area contributed by atoms with E-state index in [4.69, 9.17) is 0 Å². The van der Waals surface area contributed by atoms with Gasteiger partial charge in [-0.3, -0.25) is 15.0 Å². The highest BCUT2D eigenvalue weighted by Crippen LogP contribution is 2.37. The van der Waals surface area contributed by atoms with Crippen LogP contribution in [-0.2, 0) is 6.18 Å². The van der Waals surface area contributed by atoms with Crippen molar-refractivity contribution in [1.82, 2.24) is 30.4 Å². The fourth-order valence-corrected chi connectivity index (χ4v) is 2.47. The van der Waals surface area contributed by atoms with Crippen LogP contribution in [0.2, 0.25) is 0 Å². The van der Waals surface area contributed by atoms with Crippen LogP contribution in [0.4, 0.5) is 13.2 Å². The van der Waals surface area contributed by atoms with E-state index in [-0.39, 0.29) is 27.8 Å². The number of nitrogens with zero attached hydrogens (tertiary/aromatic N) is 3. The van der Waals surface area contributed by atoms with Crippen molar-refractivity contribution in [2.75, 3.05) is 0 Å². The van der Waals surface area contributed by atoms with Crippen LogP contribution in [0.3, 0.4) is 0 Å². The van der Waals surface area contributed by atoms with Gasteiger partial charge in [-0.25, -0.2) is 4.98 Å². The number of hydrogen-bond acceptors (Lipinski definition) is 4. The molecule has 0 saturated carbocycles. The molecule has 3 heterocycles. The Morgan fingerprint density at radius 3 is 2.74 bits per heavy atom. The molecule has 0 spiro atoms. The fraction of sp³-hybridized carbons (Fsp3) is 0.0769. The molecule has 4 rings (SSSR count). The molecule has 0 aliphatic rings. The number of hydrogen-bond donors (Lipinski definition) is 3. The highest BCUT2D eigenvalue weighted by atomic mass is 19.4. The van der Waals surface area contributed by atoms with E-state index in [1.807, 2.05) is 0 Å². The lowest BCUT2D eigenvalue weighted by Gasteiger charge is -2.09. The largest absolute Gasteiger partial charge is 0.416 e. The number of nitrogens with one attached hydrogen (secondary N) is 3. The van der Waals surface area contributed by atoms with Crippen LogP contribution in [0.5, 0.6) is 0 Å². The van der Waals surface area contributed by atoms with E-state index in [1.54, 1.807) is 0 Å². The molecule has 3 N–H and O–H groups in total. The molecule has 0 atom stereocenters. The first-order chi connectivity index (χ1) is 10.9. The van der Waals surface area contributed by atoms with Crippen molar-refractivity contribution in [2.45, 2.75) is 6.18 Å². The summed E-state index contributed by atoms with van der Waals surface area (Å²) in [4.78, 5) is 18.3. The first-order valence-corrected chi connectivity index (χ1v) is 6.41. The van der Waals surface area contributed by atoms with Gasteiger partial charge in [0.15, 0.2) is 5.65 Å². The molecule has 4 aromatic rings. The Labute approximate surface area is 124 Å². The minimum atomic E-state index is -4.54. The average Bonchev–Trinajstić information content (AvgIpc) is 3.12.